The number of hydrogen-bond donors (Lipinski definition) is 2. The van der Waals surface area contributed by atoms with E-state index in [2.05, 4.69) is 26.3 Å². The molecule has 8 heteroatoms. The molecule has 1 aromatic heterocycles. The summed E-state index contributed by atoms with van der Waals surface area (Å²) >= 11 is 3.32. The van der Waals surface area contributed by atoms with Crippen LogP contribution in [0.3, 0.4) is 0 Å². The zero-order valence-electron chi connectivity index (χ0n) is 13.5. The first-order chi connectivity index (χ1) is 11.4. The van der Waals surface area contributed by atoms with E-state index in [0.717, 1.165) is 28.2 Å². The average Bonchev–Trinajstić information content (AvgIpc) is 2.52. The van der Waals surface area contributed by atoms with Crippen LogP contribution in [0.5, 0.6) is 5.75 Å². The topological polar surface area (TPSA) is 87.5 Å². The minimum absolute atomic E-state index is 0.178. The van der Waals surface area contributed by atoms with Crippen molar-refractivity contribution in [2.75, 3.05) is 27.2 Å². The fourth-order valence-electron chi connectivity index (χ4n) is 2.06. The Morgan fingerprint density at radius 2 is 2.00 bits per heavy atom. The van der Waals surface area contributed by atoms with Crippen LogP contribution < -0.4 is 10.9 Å². The molecule has 0 aliphatic heterocycles. The number of carbonyl (C=O) groups is 1. The summed E-state index contributed by atoms with van der Waals surface area (Å²) in [6.07, 6.45) is 0.770. The van der Waals surface area contributed by atoms with E-state index in [1.165, 1.54) is 0 Å². The Balaban J connectivity index is 2.21. The summed E-state index contributed by atoms with van der Waals surface area (Å²) in [7, 11) is 3.90. The lowest BCUT2D eigenvalue weighted by Gasteiger charge is -2.11. The number of amides is 1. The van der Waals surface area contributed by atoms with Crippen molar-refractivity contribution in [1.29, 1.82) is 0 Å². The van der Waals surface area contributed by atoms with Gasteiger partial charge in [-0.25, -0.2) is 0 Å². The van der Waals surface area contributed by atoms with Crippen LogP contribution in [-0.2, 0) is 0 Å². The second-order valence-corrected chi connectivity index (χ2v) is 6.43. The summed E-state index contributed by atoms with van der Waals surface area (Å²) in [5, 5.41) is 16.6. The first-order valence-corrected chi connectivity index (χ1v) is 8.20. The molecule has 1 heterocycles. The van der Waals surface area contributed by atoms with Gasteiger partial charge >= 0.3 is 0 Å². The number of aromatic hydroxyl groups is 1. The van der Waals surface area contributed by atoms with Crippen molar-refractivity contribution in [2.24, 2.45) is 0 Å². The van der Waals surface area contributed by atoms with Gasteiger partial charge in [-0.15, -0.1) is 0 Å². The number of rotatable bonds is 6. The maximum absolute atomic E-state index is 12.2. The predicted octanol–water partition coefficient (Wildman–Crippen LogP) is 1.38. The van der Waals surface area contributed by atoms with Crippen molar-refractivity contribution >= 4 is 21.8 Å². The zero-order valence-corrected chi connectivity index (χ0v) is 15.1. The van der Waals surface area contributed by atoms with Crippen LogP contribution in [0.1, 0.15) is 16.9 Å². The predicted molar refractivity (Wildman–Crippen MR) is 94.7 cm³/mol. The van der Waals surface area contributed by atoms with Crippen LogP contribution >= 0.6 is 15.9 Å². The molecule has 0 unspecified atom stereocenters. The Bertz CT molecular complexity index is 772. The third-order valence-electron chi connectivity index (χ3n) is 3.27. The molecule has 0 atom stereocenters. The molecular formula is C16H19BrN4O3. The molecule has 24 heavy (non-hydrogen) atoms. The van der Waals surface area contributed by atoms with Gasteiger partial charge in [0.25, 0.3) is 11.5 Å². The van der Waals surface area contributed by atoms with Crippen molar-refractivity contribution in [3.63, 3.8) is 0 Å². The Hall–Kier alpha value is -2.19. The fraction of sp³-hybridized carbons (Fsp3) is 0.312. The molecule has 1 amide bonds. The Morgan fingerprint density at radius 1 is 1.33 bits per heavy atom. The van der Waals surface area contributed by atoms with Gasteiger partial charge in [-0.3, -0.25) is 9.59 Å². The lowest BCUT2D eigenvalue weighted by atomic mass is 10.3. The van der Waals surface area contributed by atoms with Crippen molar-refractivity contribution < 1.29 is 9.90 Å². The fourth-order valence-corrected chi connectivity index (χ4v) is 2.32. The summed E-state index contributed by atoms with van der Waals surface area (Å²) in [4.78, 5) is 26.2. The minimum atomic E-state index is -0.517. The molecule has 2 N–H and O–H groups in total. The van der Waals surface area contributed by atoms with Gasteiger partial charge < -0.3 is 15.3 Å². The normalized spacial score (nSPS) is 10.8. The summed E-state index contributed by atoms with van der Waals surface area (Å²) in [5.41, 5.74) is -0.189. The smallest absolute Gasteiger partial charge is 0.275 e. The van der Waals surface area contributed by atoms with Crippen molar-refractivity contribution in [2.45, 2.75) is 6.42 Å². The molecule has 0 spiro atoms. The van der Waals surface area contributed by atoms with E-state index < -0.39 is 17.2 Å². The van der Waals surface area contributed by atoms with E-state index in [9.17, 15) is 14.7 Å². The third-order valence-corrected chi connectivity index (χ3v) is 3.79. The number of nitrogens with zero attached hydrogens (tertiary/aromatic N) is 3. The van der Waals surface area contributed by atoms with Gasteiger partial charge in [-0.1, -0.05) is 15.9 Å². The van der Waals surface area contributed by atoms with Crippen LogP contribution in [0.25, 0.3) is 5.69 Å². The van der Waals surface area contributed by atoms with Gasteiger partial charge in [0.1, 0.15) is 0 Å². The van der Waals surface area contributed by atoms with Gasteiger partial charge in [0.15, 0.2) is 11.4 Å². The van der Waals surface area contributed by atoms with Crippen LogP contribution in [0.15, 0.2) is 39.6 Å². The van der Waals surface area contributed by atoms with Crippen LogP contribution in [0.4, 0.5) is 0 Å². The van der Waals surface area contributed by atoms with Crippen molar-refractivity contribution in [3.8, 4) is 11.4 Å². The number of aromatic nitrogens is 2. The highest BCUT2D eigenvalue weighted by Gasteiger charge is 2.16. The first kappa shape index (κ1) is 18.2. The van der Waals surface area contributed by atoms with Crippen LogP contribution in [-0.4, -0.2) is 52.9 Å². The molecule has 0 bridgehead atoms. The van der Waals surface area contributed by atoms with Gasteiger partial charge in [0.2, 0.25) is 0 Å². The molecule has 128 valence electrons. The molecule has 2 rings (SSSR count). The number of hydrogen-bond acceptors (Lipinski definition) is 5. The summed E-state index contributed by atoms with van der Waals surface area (Å²) < 4.78 is 1.94. The van der Waals surface area contributed by atoms with Gasteiger partial charge in [0, 0.05) is 17.1 Å². The molecule has 0 aliphatic carbocycles. The molecule has 7 nitrogen and oxygen atoms in total. The second kappa shape index (κ2) is 8.07. The second-order valence-electron chi connectivity index (χ2n) is 5.52. The summed E-state index contributed by atoms with van der Waals surface area (Å²) in [6.45, 7) is 1.29. The molecule has 0 radical (unpaired) electrons. The number of halogens is 1. The van der Waals surface area contributed by atoms with E-state index in [0.29, 0.717) is 12.2 Å². The van der Waals surface area contributed by atoms with Gasteiger partial charge in [0.05, 0.1) is 5.69 Å². The Morgan fingerprint density at radius 3 is 2.62 bits per heavy atom. The van der Waals surface area contributed by atoms with E-state index >= 15 is 0 Å². The van der Waals surface area contributed by atoms with Gasteiger partial charge in [-0.2, -0.15) is 9.78 Å². The number of benzene rings is 1. The zero-order chi connectivity index (χ0) is 17.7. The minimum Gasteiger partial charge on any atom is -0.505 e. The first-order valence-electron chi connectivity index (χ1n) is 7.40. The SMILES string of the molecule is CN(C)CCCNC(=O)c1nn(-c2ccc(Br)cc2)c(=O)cc1O. The lowest BCUT2D eigenvalue weighted by molar-refractivity contribution is 0.0942. The number of nitrogens with one attached hydrogen (secondary N) is 1. The van der Waals surface area contributed by atoms with E-state index in [1.807, 2.05) is 19.0 Å². The molecule has 1 aromatic carbocycles. The highest BCUT2D eigenvalue weighted by molar-refractivity contribution is 9.10. The largest absolute Gasteiger partial charge is 0.505 e. The highest BCUT2D eigenvalue weighted by atomic mass is 79.9. The lowest BCUT2D eigenvalue weighted by Crippen LogP contribution is -2.30. The highest BCUT2D eigenvalue weighted by Crippen LogP contribution is 2.15. The third kappa shape index (κ3) is 4.65. The summed E-state index contributed by atoms with van der Waals surface area (Å²) in [6, 6.07) is 7.89. The average molecular weight is 395 g/mol. The Labute approximate surface area is 148 Å². The molecule has 0 saturated carbocycles. The van der Waals surface area contributed by atoms with E-state index in [4.69, 9.17) is 0 Å². The molecular weight excluding hydrogens is 376 g/mol. The molecule has 2 aromatic rings. The Kier molecular flexibility index (Phi) is 6.10. The standard InChI is InChI=1S/C16H19BrN4O3/c1-20(2)9-3-8-18-16(24)15-13(22)10-14(23)21(19-15)12-6-4-11(17)5-7-12/h4-7,10,22H,3,8-9H2,1-2H3,(H,18,24). The van der Waals surface area contributed by atoms with Crippen LogP contribution in [0.2, 0.25) is 0 Å². The van der Waals surface area contributed by atoms with Gasteiger partial charge in [-0.05, 0) is 51.3 Å². The van der Waals surface area contributed by atoms with Crippen molar-refractivity contribution in [1.82, 2.24) is 20.0 Å². The maximum Gasteiger partial charge on any atom is 0.275 e. The quantitative estimate of drug-likeness (QED) is 0.722. The molecule has 0 fully saturated rings. The monoisotopic (exact) mass is 394 g/mol. The van der Waals surface area contributed by atoms with Crippen LogP contribution in [0, 0.1) is 0 Å². The van der Waals surface area contributed by atoms with E-state index in [-0.39, 0.29) is 5.69 Å². The number of carbonyl (C=O) groups excluding carboxylic acids is 1. The maximum atomic E-state index is 12.2. The van der Waals surface area contributed by atoms with Crippen molar-refractivity contribution in [3.05, 3.63) is 50.9 Å². The molecule has 0 saturated heterocycles. The summed E-state index contributed by atoms with van der Waals surface area (Å²) in [5.74, 6) is -0.949. The molecule has 0 aliphatic rings. The van der Waals surface area contributed by atoms with E-state index in [1.54, 1.807) is 24.3 Å².